The maximum atomic E-state index is 12.1. The molecule has 2 N–H and O–H groups in total. The van der Waals surface area contributed by atoms with Crippen molar-refractivity contribution in [3.8, 4) is 17.2 Å². The lowest BCUT2D eigenvalue weighted by molar-refractivity contribution is -0.121. The smallest absolute Gasteiger partial charge is 0.264 e. The molecule has 1 amide bonds. The summed E-state index contributed by atoms with van der Waals surface area (Å²) in [4.78, 5) is 16.7. The summed E-state index contributed by atoms with van der Waals surface area (Å²) in [5.74, 6) is 1.22. The summed E-state index contributed by atoms with van der Waals surface area (Å²) in [6.45, 7) is 4.16. The zero-order valence-electron chi connectivity index (χ0n) is 17.8. The van der Waals surface area contributed by atoms with Crippen molar-refractivity contribution in [3.63, 3.8) is 0 Å². The number of carbonyl (C=O) groups is 1. The molecule has 7 heteroatoms. The first-order chi connectivity index (χ1) is 15.5. The fourth-order valence-corrected chi connectivity index (χ4v) is 3.38. The van der Waals surface area contributed by atoms with E-state index in [1.54, 1.807) is 12.1 Å². The number of nitrogens with one attached hydrogen (secondary N) is 2. The number of hydrogen-bond acceptors (Lipinski definition) is 5. The summed E-state index contributed by atoms with van der Waals surface area (Å²) in [6.07, 6.45) is 0. The van der Waals surface area contributed by atoms with Gasteiger partial charge in [0.2, 0.25) is 5.89 Å². The summed E-state index contributed by atoms with van der Waals surface area (Å²) in [5, 5.41) is 5.81. The summed E-state index contributed by atoms with van der Waals surface area (Å²) >= 11 is 5.26. The maximum Gasteiger partial charge on any atom is 0.264 e. The van der Waals surface area contributed by atoms with Gasteiger partial charge in [-0.05, 0) is 66.2 Å². The standard InChI is InChI=1S/C25H23N3O3S/c1-16(2)17-11-12-22-21(14-17)27-24(31-22)18-7-6-8-19(13-18)26-25(32)28-23(29)15-30-20-9-4-3-5-10-20/h3-14,16H,15H2,1-2H3,(H2,26,28,29,32). The van der Waals surface area contributed by atoms with Gasteiger partial charge in [0.05, 0.1) is 0 Å². The molecule has 0 atom stereocenters. The van der Waals surface area contributed by atoms with E-state index < -0.39 is 0 Å². The highest BCUT2D eigenvalue weighted by molar-refractivity contribution is 7.80. The van der Waals surface area contributed by atoms with Gasteiger partial charge in [-0.3, -0.25) is 10.1 Å². The van der Waals surface area contributed by atoms with Gasteiger partial charge in [-0.15, -0.1) is 0 Å². The summed E-state index contributed by atoms with van der Waals surface area (Å²) < 4.78 is 11.4. The molecule has 0 radical (unpaired) electrons. The Morgan fingerprint density at radius 1 is 1.06 bits per heavy atom. The van der Waals surface area contributed by atoms with Gasteiger partial charge in [0.1, 0.15) is 11.3 Å². The average Bonchev–Trinajstić information content (AvgIpc) is 3.22. The van der Waals surface area contributed by atoms with Crippen LogP contribution in [-0.4, -0.2) is 22.6 Å². The second-order valence-electron chi connectivity index (χ2n) is 7.59. The third-order valence-corrected chi connectivity index (χ3v) is 5.02. The Balaban J connectivity index is 1.40. The summed E-state index contributed by atoms with van der Waals surface area (Å²) in [6, 6.07) is 22.7. The van der Waals surface area contributed by atoms with E-state index in [4.69, 9.17) is 21.4 Å². The summed E-state index contributed by atoms with van der Waals surface area (Å²) in [5.41, 5.74) is 4.29. The Kier molecular flexibility index (Phi) is 6.47. The minimum Gasteiger partial charge on any atom is -0.484 e. The minimum atomic E-state index is -0.345. The van der Waals surface area contributed by atoms with E-state index in [0.717, 1.165) is 16.7 Å². The van der Waals surface area contributed by atoms with E-state index in [0.29, 0.717) is 23.2 Å². The van der Waals surface area contributed by atoms with E-state index >= 15 is 0 Å². The van der Waals surface area contributed by atoms with Gasteiger partial charge in [0.25, 0.3) is 5.91 Å². The fourth-order valence-electron chi connectivity index (χ4n) is 3.15. The molecule has 0 aliphatic carbocycles. The number of nitrogens with zero attached hydrogens (tertiary/aromatic N) is 1. The number of oxazole rings is 1. The van der Waals surface area contributed by atoms with Crippen molar-refractivity contribution in [1.29, 1.82) is 0 Å². The first-order valence-corrected chi connectivity index (χ1v) is 10.7. The SMILES string of the molecule is CC(C)c1ccc2oc(-c3cccc(NC(=S)NC(=O)COc4ccccc4)c3)nc2c1. The number of carbonyl (C=O) groups excluding carboxylic acids is 1. The Morgan fingerprint density at radius 2 is 1.88 bits per heavy atom. The second-order valence-corrected chi connectivity index (χ2v) is 7.99. The number of amides is 1. The molecule has 0 spiro atoms. The van der Waals surface area contributed by atoms with Crippen LogP contribution in [0.5, 0.6) is 5.75 Å². The van der Waals surface area contributed by atoms with Crippen molar-refractivity contribution >= 4 is 40.0 Å². The van der Waals surface area contributed by atoms with Crippen LogP contribution in [0.4, 0.5) is 5.69 Å². The Hall–Kier alpha value is -3.71. The van der Waals surface area contributed by atoms with Crippen LogP contribution in [0, 0.1) is 0 Å². The number of para-hydroxylation sites is 1. The van der Waals surface area contributed by atoms with Crippen LogP contribution >= 0.6 is 12.2 Å². The normalized spacial score (nSPS) is 10.8. The quantitative estimate of drug-likeness (QED) is 0.381. The van der Waals surface area contributed by atoms with Gasteiger partial charge in [0, 0.05) is 11.3 Å². The minimum absolute atomic E-state index is 0.132. The van der Waals surface area contributed by atoms with Gasteiger partial charge in [-0.25, -0.2) is 4.98 Å². The molecule has 0 bridgehead atoms. The predicted octanol–water partition coefficient (Wildman–Crippen LogP) is 5.51. The fraction of sp³-hybridized carbons (Fsp3) is 0.160. The second kappa shape index (κ2) is 9.62. The van der Waals surface area contributed by atoms with E-state index in [9.17, 15) is 4.79 Å². The van der Waals surface area contributed by atoms with Crippen molar-refractivity contribution in [2.45, 2.75) is 19.8 Å². The zero-order chi connectivity index (χ0) is 22.5. The van der Waals surface area contributed by atoms with Gasteiger partial charge in [0.15, 0.2) is 17.3 Å². The molecule has 1 aromatic heterocycles. The lowest BCUT2D eigenvalue weighted by Crippen LogP contribution is -2.37. The van der Waals surface area contributed by atoms with Crippen molar-refractivity contribution in [1.82, 2.24) is 10.3 Å². The predicted molar refractivity (Wildman–Crippen MR) is 130 cm³/mol. The number of aromatic nitrogens is 1. The molecule has 3 aromatic carbocycles. The molecular weight excluding hydrogens is 422 g/mol. The molecule has 4 aromatic rings. The van der Waals surface area contributed by atoms with E-state index in [2.05, 4.69) is 41.6 Å². The van der Waals surface area contributed by atoms with Crippen LogP contribution < -0.4 is 15.4 Å². The first-order valence-electron chi connectivity index (χ1n) is 10.3. The largest absolute Gasteiger partial charge is 0.484 e. The number of anilines is 1. The van der Waals surface area contributed by atoms with Crippen molar-refractivity contribution < 1.29 is 13.9 Å². The molecule has 0 aliphatic heterocycles. The first kappa shape index (κ1) is 21.5. The van der Waals surface area contributed by atoms with Crippen LogP contribution in [0.15, 0.2) is 77.2 Å². The molecule has 0 aliphatic rings. The monoisotopic (exact) mass is 445 g/mol. The summed E-state index contributed by atoms with van der Waals surface area (Å²) in [7, 11) is 0. The van der Waals surface area contributed by atoms with Crippen LogP contribution in [0.2, 0.25) is 0 Å². The highest BCUT2D eigenvalue weighted by Crippen LogP contribution is 2.28. The number of benzene rings is 3. The van der Waals surface area contributed by atoms with Crippen LogP contribution in [0.25, 0.3) is 22.6 Å². The number of rotatable bonds is 6. The molecule has 0 fully saturated rings. The van der Waals surface area contributed by atoms with Crippen molar-refractivity contribution in [2.75, 3.05) is 11.9 Å². The molecule has 4 rings (SSSR count). The van der Waals surface area contributed by atoms with Crippen molar-refractivity contribution in [2.24, 2.45) is 0 Å². The number of ether oxygens (including phenoxy) is 1. The van der Waals surface area contributed by atoms with Gasteiger partial charge in [-0.2, -0.15) is 0 Å². The molecule has 32 heavy (non-hydrogen) atoms. The van der Waals surface area contributed by atoms with Crippen LogP contribution in [0.3, 0.4) is 0 Å². The van der Waals surface area contributed by atoms with Crippen LogP contribution in [-0.2, 0) is 4.79 Å². The number of fused-ring (bicyclic) bond motifs is 1. The molecule has 1 heterocycles. The van der Waals surface area contributed by atoms with E-state index in [1.165, 1.54) is 5.56 Å². The third kappa shape index (κ3) is 5.31. The lowest BCUT2D eigenvalue weighted by Gasteiger charge is -2.11. The Morgan fingerprint density at radius 3 is 2.66 bits per heavy atom. The number of thiocarbonyl (C=S) groups is 1. The van der Waals surface area contributed by atoms with E-state index in [1.807, 2.05) is 48.5 Å². The molecule has 0 saturated heterocycles. The lowest BCUT2D eigenvalue weighted by atomic mass is 10.0. The van der Waals surface area contributed by atoms with Gasteiger partial charge < -0.3 is 14.5 Å². The highest BCUT2D eigenvalue weighted by atomic mass is 32.1. The average molecular weight is 446 g/mol. The maximum absolute atomic E-state index is 12.1. The molecule has 0 unspecified atom stereocenters. The zero-order valence-corrected chi connectivity index (χ0v) is 18.6. The molecular formula is C25H23N3O3S. The third-order valence-electron chi connectivity index (χ3n) is 4.81. The molecule has 162 valence electrons. The topological polar surface area (TPSA) is 76.4 Å². The Bertz CT molecular complexity index is 1250. The molecule has 6 nitrogen and oxygen atoms in total. The van der Waals surface area contributed by atoms with E-state index in [-0.39, 0.29) is 17.6 Å². The molecule has 0 saturated carbocycles. The number of hydrogen-bond donors (Lipinski definition) is 2. The van der Waals surface area contributed by atoms with Crippen molar-refractivity contribution in [3.05, 3.63) is 78.4 Å². The van der Waals surface area contributed by atoms with Crippen LogP contribution in [0.1, 0.15) is 25.3 Å². The van der Waals surface area contributed by atoms with Gasteiger partial charge >= 0.3 is 0 Å². The van der Waals surface area contributed by atoms with Gasteiger partial charge in [-0.1, -0.05) is 44.2 Å². The Labute approximate surface area is 191 Å². The highest BCUT2D eigenvalue weighted by Gasteiger charge is 2.11.